The summed E-state index contributed by atoms with van der Waals surface area (Å²) in [6.07, 6.45) is 0.880. The van der Waals surface area contributed by atoms with Gasteiger partial charge in [0.1, 0.15) is 17.3 Å². The van der Waals surface area contributed by atoms with Gasteiger partial charge in [-0.3, -0.25) is 14.5 Å². The molecule has 1 unspecified atom stereocenters. The Hall–Kier alpha value is -4.06. The number of amides is 1. The highest BCUT2D eigenvalue weighted by Crippen LogP contribution is 2.43. The third-order valence-electron chi connectivity index (χ3n) is 6.56. The van der Waals surface area contributed by atoms with Crippen LogP contribution in [0.3, 0.4) is 0 Å². The van der Waals surface area contributed by atoms with Gasteiger partial charge in [0.2, 0.25) is 0 Å². The molecule has 1 N–H and O–H groups in total. The lowest BCUT2D eigenvalue weighted by Gasteiger charge is -2.26. The lowest BCUT2D eigenvalue weighted by atomic mass is 9.85. The predicted octanol–water partition coefficient (Wildman–Crippen LogP) is 6.80. The zero-order chi connectivity index (χ0) is 27.4. The summed E-state index contributed by atoms with van der Waals surface area (Å²) in [7, 11) is 0. The maximum absolute atomic E-state index is 13.4. The average molecular weight is 514 g/mol. The molecule has 3 aromatic carbocycles. The summed E-state index contributed by atoms with van der Waals surface area (Å²) in [5, 5.41) is 11.4. The van der Waals surface area contributed by atoms with E-state index in [1.807, 2.05) is 38.1 Å². The molecule has 198 valence electrons. The van der Waals surface area contributed by atoms with Crippen LogP contribution >= 0.6 is 0 Å². The summed E-state index contributed by atoms with van der Waals surface area (Å²) >= 11 is 0. The first-order valence-corrected chi connectivity index (χ1v) is 13.0. The first kappa shape index (κ1) is 27.0. The molecule has 1 heterocycles. The number of benzene rings is 3. The fourth-order valence-corrected chi connectivity index (χ4v) is 4.53. The minimum absolute atomic E-state index is 0.0506. The molecule has 1 amide bonds. The highest BCUT2D eigenvalue weighted by molar-refractivity contribution is 6.51. The Morgan fingerprint density at radius 3 is 1.97 bits per heavy atom. The van der Waals surface area contributed by atoms with E-state index in [-0.39, 0.29) is 16.7 Å². The zero-order valence-electron chi connectivity index (χ0n) is 22.7. The number of nitrogens with zero attached hydrogens (tertiary/aromatic N) is 1. The second kappa shape index (κ2) is 11.1. The van der Waals surface area contributed by atoms with Crippen molar-refractivity contribution in [1.82, 2.24) is 0 Å². The van der Waals surface area contributed by atoms with E-state index >= 15 is 0 Å². The lowest BCUT2D eigenvalue weighted by Crippen LogP contribution is -2.29. The second-order valence-corrected chi connectivity index (χ2v) is 10.3. The number of hydrogen-bond donors (Lipinski definition) is 1. The van der Waals surface area contributed by atoms with Gasteiger partial charge < -0.3 is 14.6 Å². The number of rotatable bonds is 8. The minimum Gasteiger partial charge on any atom is -0.507 e. The number of ether oxygens (including phenoxy) is 2. The molecule has 1 fully saturated rings. The van der Waals surface area contributed by atoms with Crippen LogP contribution in [0.1, 0.15) is 63.8 Å². The van der Waals surface area contributed by atoms with Crippen molar-refractivity contribution >= 4 is 23.1 Å². The quantitative estimate of drug-likeness (QED) is 0.204. The van der Waals surface area contributed by atoms with Crippen LogP contribution in [-0.4, -0.2) is 30.0 Å². The Labute approximate surface area is 224 Å². The molecule has 6 nitrogen and oxygen atoms in total. The fraction of sp³-hybridized carbons (Fsp3) is 0.312. The lowest BCUT2D eigenvalue weighted by molar-refractivity contribution is -0.132. The summed E-state index contributed by atoms with van der Waals surface area (Å²) < 4.78 is 11.2. The van der Waals surface area contributed by atoms with Crippen LogP contribution in [0.4, 0.5) is 5.69 Å². The highest BCUT2D eigenvalue weighted by atomic mass is 16.5. The van der Waals surface area contributed by atoms with Crippen molar-refractivity contribution in [2.45, 2.75) is 52.5 Å². The van der Waals surface area contributed by atoms with Crippen molar-refractivity contribution in [1.29, 1.82) is 0 Å². The van der Waals surface area contributed by atoms with Crippen molar-refractivity contribution in [2.75, 3.05) is 18.1 Å². The van der Waals surface area contributed by atoms with E-state index in [1.165, 1.54) is 4.90 Å². The van der Waals surface area contributed by atoms with Crippen molar-refractivity contribution in [3.8, 4) is 11.5 Å². The third-order valence-corrected chi connectivity index (χ3v) is 6.56. The molecule has 3 aromatic rings. The molecule has 4 rings (SSSR count). The highest BCUT2D eigenvalue weighted by Gasteiger charge is 2.47. The molecular weight excluding hydrogens is 478 g/mol. The Morgan fingerprint density at radius 2 is 1.42 bits per heavy atom. The maximum Gasteiger partial charge on any atom is 0.300 e. The Balaban J connectivity index is 1.83. The molecule has 1 aliphatic rings. The monoisotopic (exact) mass is 513 g/mol. The molecule has 38 heavy (non-hydrogen) atoms. The fourth-order valence-electron chi connectivity index (χ4n) is 4.53. The summed E-state index contributed by atoms with van der Waals surface area (Å²) in [5.74, 6) is -0.295. The molecule has 6 heteroatoms. The molecule has 0 bridgehead atoms. The Bertz CT molecular complexity index is 1320. The van der Waals surface area contributed by atoms with Gasteiger partial charge in [-0.25, -0.2) is 0 Å². The molecule has 0 radical (unpaired) electrons. The largest absolute Gasteiger partial charge is 0.507 e. The third kappa shape index (κ3) is 5.44. The normalized spacial score (nSPS) is 17.1. The number of ketones is 1. The number of carbonyl (C=O) groups excluding carboxylic acids is 2. The van der Waals surface area contributed by atoms with Crippen LogP contribution in [0.25, 0.3) is 5.76 Å². The van der Waals surface area contributed by atoms with E-state index < -0.39 is 17.7 Å². The van der Waals surface area contributed by atoms with E-state index in [2.05, 4.69) is 20.8 Å². The van der Waals surface area contributed by atoms with Crippen LogP contribution in [-0.2, 0) is 15.0 Å². The molecule has 1 aliphatic heterocycles. The van der Waals surface area contributed by atoms with E-state index in [0.29, 0.717) is 36.0 Å². The number of Topliss-reactive ketones (excluding diaryl/α,β-unsaturated/α-hetero) is 1. The SMILES string of the molecule is CCCOc1ccc(/C(O)=C2/C(=O)C(=O)N(c3ccc(OCC)cc3)C2c2ccc(C(C)(C)C)cc2)cc1. The van der Waals surface area contributed by atoms with E-state index in [1.54, 1.807) is 48.5 Å². The van der Waals surface area contributed by atoms with E-state index in [0.717, 1.165) is 17.5 Å². The van der Waals surface area contributed by atoms with Crippen molar-refractivity contribution < 1.29 is 24.2 Å². The van der Waals surface area contributed by atoms with Crippen molar-refractivity contribution in [3.63, 3.8) is 0 Å². The first-order chi connectivity index (χ1) is 18.2. The van der Waals surface area contributed by atoms with Crippen LogP contribution in [0.2, 0.25) is 0 Å². The number of hydrogen-bond acceptors (Lipinski definition) is 5. The van der Waals surface area contributed by atoms with Gasteiger partial charge in [0, 0.05) is 11.3 Å². The summed E-state index contributed by atoms with van der Waals surface area (Å²) in [6, 6.07) is 21.0. The van der Waals surface area contributed by atoms with Gasteiger partial charge in [-0.05, 0) is 78.4 Å². The van der Waals surface area contributed by atoms with E-state index in [9.17, 15) is 14.7 Å². The average Bonchev–Trinajstić information content (AvgIpc) is 3.17. The molecular formula is C32H35NO5. The standard InChI is InChI=1S/C32H35NO5/c1-6-20-38-26-16-10-22(11-17-26)29(34)27-28(21-8-12-23(13-9-21)32(3,4)5)33(31(36)30(27)35)24-14-18-25(19-15-24)37-7-2/h8-19,28,34H,6-7,20H2,1-5H3/b29-27-. The van der Waals surface area contributed by atoms with Crippen LogP contribution < -0.4 is 14.4 Å². The van der Waals surface area contributed by atoms with Crippen LogP contribution in [0, 0.1) is 0 Å². The summed E-state index contributed by atoms with van der Waals surface area (Å²) in [5.41, 5.74) is 2.83. The second-order valence-electron chi connectivity index (χ2n) is 10.3. The molecule has 1 atom stereocenters. The number of aliphatic hydroxyl groups is 1. The summed E-state index contributed by atoms with van der Waals surface area (Å²) in [6.45, 7) is 11.4. The van der Waals surface area contributed by atoms with Gasteiger partial charge in [-0.15, -0.1) is 0 Å². The Kier molecular flexibility index (Phi) is 7.91. The topological polar surface area (TPSA) is 76.1 Å². The maximum atomic E-state index is 13.4. The number of anilines is 1. The number of aliphatic hydroxyl groups excluding tert-OH is 1. The summed E-state index contributed by atoms with van der Waals surface area (Å²) in [4.78, 5) is 28.3. The van der Waals surface area contributed by atoms with Gasteiger partial charge >= 0.3 is 0 Å². The number of carbonyl (C=O) groups is 2. The molecule has 1 saturated heterocycles. The van der Waals surface area contributed by atoms with Gasteiger partial charge in [-0.2, -0.15) is 0 Å². The van der Waals surface area contributed by atoms with Gasteiger partial charge in [-0.1, -0.05) is 52.0 Å². The predicted molar refractivity (Wildman–Crippen MR) is 150 cm³/mol. The minimum atomic E-state index is -0.794. The smallest absolute Gasteiger partial charge is 0.300 e. The van der Waals surface area contributed by atoms with Crippen LogP contribution in [0.15, 0.2) is 78.4 Å². The molecule has 0 aromatic heterocycles. The van der Waals surface area contributed by atoms with Crippen LogP contribution in [0.5, 0.6) is 11.5 Å². The van der Waals surface area contributed by atoms with Crippen molar-refractivity contribution in [3.05, 3.63) is 95.1 Å². The molecule has 0 saturated carbocycles. The van der Waals surface area contributed by atoms with Gasteiger partial charge in [0.25, 0.3) is 11.7 Å². The molecule has 0 aliphatic carbocycles. The molecule has 0 spiro atoms. The van der Waals surface area contributed by atoms with Crippen molar-refractivity contribution in [2.24, 2.45) is 0 Å². The van der Waals surface area contributed by atoms with Gasteiger partial charge in [0.15, 0.2) is 0 Å². The van der Waals surface area contributed by atoms with E-state index in [4.69, 9.17) is 9.47 Å². The van der Waals surface area contributed by atoms with Gasteiger partial charge in [0.05, 0.1) is 24.8 Å². The first-order valence-electron chi connectivity index (χ1n) is 13.0. The zero-order valence-corrected chi connectivity index (χ0v) is 22.7. The Morgan fingerprint density at radius 1 is 0.842 bits per heavy atom.